The lowest BCUT2D eigenvalue weighted by Gasteiger charge is -2.23. The van der Waals surface area contributed by atoms with Crippen molar-refractivity contribution in [3.63, 3.8) is 0 Å². The molecule has 0 amide bonds. The highest BCUT2D eigenvalue weighted by atomic mass is 15.1. The van der Waals surface area contributed by atoms with Crippen LogP contribution in [0.1, 0.15) is 13.8 Å². The van der Waals surface area contributed by atoms with Gasteiger partial charge >= 0.3 is 0 Å². The van der Waals surface area contributed by atoms with Crippen molar-refractivity contribution < 1.29 is 0 Å². The van der Waals surface area contributed by atoms with E-state index in [1.54, 1.807) is 12.3 Å². The molecule has 15 heavy (non-hydrogen) atoms. The summed E-state index contributed by atoms with van der Waals surface area (Å²) in [5.41, 5.74) is 6.52. The zero-order chi connectivity index (χ0) is 11.3. The number of nitriles is 1. The Labute approximate surface area is 90.3 Å². The molecule has 0 radical (unpaired) electrons. The molecule has 1 atom stereocenters. The van der Waals surface area contributed by atoms with Gasteiger partial charge < -0.3 is 10.6 Å². The minimum Gasteiger partial charge on any atom is -0.384 e. The van der Waals surface area contributed by atoms with E-state index in [4.69, 9.17) is 11.0 Å². The third-order valence-corrected chi connectivity index (χ3v) is 2.23. The van der Waals surface area contributed by atoms with Crippen molar-refractivity contribution in [3.8, 4) is 6.07 Å². The Hall–Kier alpha value is -1.76. The average molecular weight is 204 g/mol. The highest BCUT2D eigenvalue weighted by Gasteiger charge is 2.08. The summed E-state index contributed by atoms with van der Waals surface area (Å²) in [6, 6.07) is 5.92. The lowest BCUT2D eigenvalue weighted by Crippen LogP contribution is -2.27. The second kappa shape index (κ2) is 5.20. The molecule has 2 N–H and O–H groups in total. The number of hydrogen-bond acceptors (Lipinski definition) is 4. The third kappa shape index (κ3) is 3.13. The molecule has 0 aromatic carbocycles. The van der Waals surface area contributed by atoms with Crippen molar-refractivity contribution in [1.29, 1.82) is 5.26 Å². The molecule has 1 unspecified atom stereocenters. The quantitative estimate of drug-likeness (QED) is 0.809. The number of rotatable bonds is 4. The van der Waals surface area contributed by atoms with Crippen molar-refractivity contribution >= 4 is 11.5 Å². The van der Waals surface area contributed by atoms with E-state index >= 15 is 0 Å². The van der Waals surface area contributed by atoms with Crippen LogP contribution in [0.25, 0.3) is 0 Å². The van der Waals surface area contributed by atoms with E-state index in [-0.39, 0.29) is 5.92 Å². The number of hydrogen-bond donors (Lipinski definition) is 1. The van der Waals surface area contributed by atoms with Gasteiger partial charge in [-0.05, 0) is 26.0 Å². The lowest BCUT2D eigenvalue weighted by molar-refractivity contribution is 0.685. The van der Waals surface area contributed by atoms with Gasteiger partial charge in [0.25, 0.3) is 0 Å². The van der Waals surface area contributed by atoms with Crippen LogP contribution in [0.15, 0.2) is 18.3 Å². The first-order chi connectivity index (χ1) is 7.17. The standard InChI is InChI=1S/C11H16N4/c1-3-15(8-9(2)6-12)10-4-5-11(13)14-7-10/h4-5,7,9H,3,8H2,1-2H3,(H2,13,14). The second-order valence-corrected chi connectivity index (χ2v) is 3.51. The van der Waals surface area contributed by atoms with Gasteiger partial charge in [0.15, 0.2) is 0 Å². The summed E-state index contributed by atoms with van der Waals surface area (Å²) in [6.07, 6.45) is 1.74. The summed E-state index contributed by atoms with van der Waals surface area (Å²) in [7, 11) is 0. The first-order valence-corrected chi connectivity index (χ1v) is 5.03. The predicted octanol–water partition coefficient (Wildman–Crippen LogP) is 1.65. The first-order valence-electron chi connectivity index (χ1n) is 5.03. The van der Waals surface area contributed by atoms with Crippen LogP contribution in [0, 0.1) is 17.2 Å². The van der Waals surface area contributed by atoms with E-state index in [9.17, 15) is 0 Å². The fourth-order valence-electron chi connectivity index (χ4n) is 1.37. The van der Waals surface area contributed by atoms with Crippen LogP contribution >= 0.6 is 0 Å². The Bertz CT molecular complexity index is 339. The number of aromatic nitrogens is 1. The van der Waals surface area contributed by atoms with Gasteiger partial charge in [0.2, 0.25) is 0 Å². The minimum absolute atomic E-state index is 0.0162. The van der Waals surface area contributed by atoms with Gasteiger partial charge in [-0.25, -0.2) is 4.98 Å². The van der Waals surface area contributed by atoms with Gasteiger partial charge in [0.05, 0.1) is 23.9 Å². The van der Waals surface area contributed by atoms with Gasteiger partial charge in [-0.3, -0.25) is 0 Å². The van der Waals surface area contributed by atoms with Crippen molar-refractivity contribution in [2.24, 2.45) is 5.92 Å². The summed E-state index contributed by atoms with van der Waals surface area (Å²) >= 11 is 0. The molecule has 80 valence electrons. The van der Waals surface area contributed by atoms with Gasteiger partial charge in [-0.2, -0.15) is 5.26 Å². The van der Waals surface area contributed by atoms with Crippen molar-refractivity contribution in [3.05, 3.63) is 18.3 Å². The van der Waals surface area contributed by atoms with Gasteiger partial charge in [-0.1, -0.05) is 0 Å². The van der Waals surface area contributed by atoms with Gasteiger partial charge in [-0.15, -0.1) is 0 Å². The van der Waals surface area contributed by atoms with Crippen LogP contribution in [0.2, 0.25) is 0 Å². The maximum Gasteiger partial charge on any atom is 0.123 e. The third-order valence-electron chi connectivity index (χ3n) is 2.23. The normalized spacial score (nSPS) is 11.8. The Morgan fingerprint density at radius 1 is 1.60 bits per heavy atom. The number of anilines is 2. The summed E-state index contributed by atoms with van der Waals surface area (Å²) in [5, 5.41) is 8.76. The molecular formula is C11H16N4. The van der Waals surface area contributed by atoms with Crippen molar-refractivity contribution in [1.82, 2.24) is 4.98 Å². The Morgan fingerprint density at radius 3 is 2.80 bits per heavy atom. The molecule has 0 bridgehead atoms. The molecular weight excluding hydrogens is 188 g/mol. The number of nitrogens with two attached hydrogens (primary N) is 1. The maximum atomic E-state index is 8.76. The Kier molecular flexibility index (Phi) is 3.92. The smallest absolute Gasteiger partial charge is 0.123 e. The highest BCUT2D eigenvalue weighted by Crippen LogP contribution is 2.14. The van der Waals surface area contributed by atoms with E-state index in [2.05, 4.69) is 22.9 Å². The van der Waals surface area contributed by atoms with E-state index < -0.39 is 0 Å². The van der Waals surface area contributed by atoms with E-state index in [1.165, 1.54) is 0 Å². The first kappa shape index (κ1) is 11.3. The number of nitrogen functional groups attached to an aromatic ring is 1. The van der Waals surface area contributed by atoms with Gasteiger partial charge in [0, 0.05) is 13.1 Å². The molecule has 0 spiro atoms. The van der Waals surface area contributed by atoms with Crippen LogP contribution in [-0.2, 0) is 0 Å². The molecule has 0 saturated heterocycles. The summed E-state index contributed by atoms with van der Waals surface area (Å²) < 4.78 is 0. The zero-order valence-corrected chi connectivity index (χ0v) is 9.14. The Morgan fingerprint density at radius 2 is 2.33 bits per heavy atom. The average Bonchev–Trinajstić information content (AvgIpc) is 2.27. The molecule has 0 aliphatic heterocycles. The van der Waals surface area contributed by atoms with E-state index in [0.717, 1.165) is 18.8 Å². The molecule has 1 aromatic heterocycles. The topological polar surface area (TPSA) is 65.9 Å². The van der Waals surface area contributed by atoms with Crippen LogP contribution in [0.5, 0.6) is 0 Å². The summed E-state index contributed by atoms with van der Waals surface area (Å²) in [6.45, 7) is 5.55. The van der Waals surface area contributed by atoms with Gasteiger partial charge in [0.1, 0.15) is 5.82 Å². The highest BCUT2D eigenvalue weighted by molar-refractivity contribution is 5.48. The molecule has 0 aliphatic rings. The maximum absolute atomic E-state index is 8.76. The largest absolute Gasteiger partial charge is 0.384 e. The predicted molar refractivity (Wildman–Crippen MR) is 61.3 cm³/mol. The minimum atomic E-state index is 0.0162. The molecule has 0 saturated carbocycles. The monoisotopic (exact) mass is 204 g/mol. The number of nitrogens with zero attached hydrogens (tertiary/aromatic N) is 3. The summed E-state index contributed by atoms with van der Waals surface area (Å²) in [4.78, 5) is 6.15. The van der Waals surface area contributed by atoms with E-state index in [1.807, 2.05) is 13.0 Å². The lowest BCUT2D eigenvalue weighted by atomic mass is 10.2. The van der Waals surface area contributed by atoms with Crippen molar-refractivity contribution in [2.75, 3.05) is 23.7 Å². The molecule has 1 heterocycles. The fraction of sp³-hybridized carbons (Fsp3) is 0.455. The van der Waals surface area contributed by atoms with Crippen LogP contribution in [0.4, 0.5) is 11.5 Å². The molecule has 0 fully saturated rings. The molecule has 0 aliphatic carbocycles. The summed E-state index contributed by atoms with van der Waals surface area (Å²) in [5.74, 6) is 0.533. The zero-order valence-electron chi connectivity index (χ0n) is 9.14. The Balaban J connectivity index is 2.75. The van der Waals surface area contributed by atoms with Crippen molar-refractivity contribution in [2.45, 2.75) is 13.8 Å². The van der Waals surface area contributed by atoms with Crippen LogP contribution < -0.4 is 10.6 Å². The molecule has 1 rings (SSSR count). The molecule has 4 nitrogen and oxygen atoms in total. The molecule has 4 heteroatoms. The SMILES string of the molecule is CCN(CC(C)C#N)c1ccc(N)nc1. The van der Waals surface area contributed by atoms with Crippen LogP contribution in [-0.4, -0.2) is 18.1 Å². The number of pyridine rings is 1. The molecule has 1 aromatic rings. The second-order valence-electron chi connectivity index (χ2n) is 3.51. The fourth-order valence-corrected chi connectivity index (χ4v) is 1.37. The van der Waals surface area contributed by atoms with Crippen LogP contribution in [0.3, 0.4) is 0 Å². The van der Waals surface area contributed by atoms with E-state index in [0.29, 0.717) is 5.82 Å².